The van der Waals surface area contributed by atoms with Gasteiger partial charge in [-0.2, -0.15) is 5.26 Å². The summed E-state index contributed by atoms with van der Waals surface area (Å²) in [5.74, 6) is 0.237. The van der Waals surface area contributed by atoms with Gasteiger partial charge in [0, 0.05) is 11.4 Å². The molecule has 0 aliphatic rings. The molecule has 0 aliphatic heterocycles. The fourth-order valence-electron chi connectivity index (χ4n) is 1.74. The molecule has 21 heavy (non-hydrogen) atoms. The molecule has 6 heteroatoms. The van der Waals surface area contributed by atoms with E-state index in [4.69, 9.17) is 10.00 Å². The largest absolute Gasteiger partial charge is 0.482 e. The molecular weight excluding hydrogens is 336 g/mol. The van der Waals surface area contributed by atoms with Crippen molar-refractivity contribution < 1.29 is 9.66 Å². The third-order valence-electron chi connectivity index (χ3n) is 2.85. The van der Waals surface area contributed by atoms with Gasteiger partial charge in [0.1, 0.15) is 6.61 Å². The molecule has 0 atom stereocenters. The van der Waals surface area contributed by atoms with E-state index < -0.39 is 4.92 Å². The van der Waals surface area contributed by atoms with E-state index in [9.17, 15) is 10.1 Å². The van der Waals surface area contributed by atoms with Crippen molar-refractivity contribution >= 4 is 21.6 Å². The van der Waals surface area contributed by atoms with Crippen molar-refractivity contribution in [1.29, 1.82) is 5.26 Å². The smallest absolute Gasteiger partial charge is 0.310 e. The van der Waals surface area contributed by atoms with Crippen molar-refractivity contribution in [2.24, 2.45) is 0 Å². The van der Waals surface area contributed by atoms with Gasteiger partial charge in [-0.25, -0.2) is 0 Å². The lowest BCUT2D eigenvalue weighted by Crippen LogP contribution is -2.00. The minimum Gasteiger partial charge on any atom is -0.482 e. The number of alkyl halides is 1. The van der Waals surface area contributed by atoms with Crippen LogP contribution in [0.3, 0.4) is 0 Å². The fourth-order valence-corrected chi connectivity index (χ4v) is 2.09. The number of nitriles is 1. The van der Waals surface area contributed by atoms with Crippen molar-refractivity contribution in [3.63, 3.8) is 0 Å². The molecule has 2 aromatic carbocycles. The highest BCUT2D eigenvalue weighted by Gasteiger charge is 2.15. The van der Waals surface area contributed by atoms with Crippen LogP contribution in [0.25, 0.3) is 0 Å². The molecule has 0 bridgehead atoms. The molecule has 0 amide bonds. The summed E-state index contributed by atoms with van der Waals surface area (Å²) in [5.41, 5.74) is 2.24. The third-order valence-corrected chi connectivity index (χ3v) is 3.50. The first-order valence-electron chi connectivity index (χ1n) is 6.09. The number of nitro groups is 1. The van der Waals surface area contributed by atoms with Gasteiger partial charge in [-0.3, -0.25) is 10.1 Å². The van der Waals surface area contributed by atoms with Crippen molar-refractivity contribution in [3.05, 3.63) is 69.3 Å². The number of ether oxygens (including phenoxy) is 1. The summed E-state index contributed by atoms with van der Waals surface area (Å²) < 4.78 is 5.56. The highest BCUT2D eigenvalue weighted by Crippen LogP contribution is 2.29. The summed E-state index contributed by atoms with van der Waals surface area (Å²) in [4.78, 5) is 10.5. The molecule has 0 aliphatic carbocycles. The Balaban J connectivity index is 2.17. The van der Waals surface area contributed by atoms with Crippen LogP contribution in [0, 0.1) is 21.4 Å². The molecule has 0 unspecified atom stereocenters. The topological polar surface area (TPSA) is 76.2 Å². The van der Waals surface area contributed by atoms with Gasteiger partial charge in [0.05, 0.1) is 16.6 Å². The molecule has 0 N–H and O–H groups in total. The monoisotopic (exact) mass is 346 g/mol. The van der Waals surface area contributed by atoms with Crippen LogP contribution in [0.2, 0.25) is 0 Å². The van der Waals surface area contributed by atoms with Gasteiger partial charge < -0.3 is 4.74 Å². The number of nitrogens with zero attached hydrogens (tertiary/aromatic N) is 2. The van der Waals surface area contributed by atoms with Crippen molar-refractivity contribution in [1.82, 2.24) is 0 Å². The number of hydrogen-bond acceptors (Lipinski definition) is 4. The average Bonchev–Trinajstić information content (AvgIpc) is 2.52. The SMILES string of the molecule is N#Cc1ccc(COc2cc(CBr)ccc2[N+](=O)[O-])cc1. The lowest BCUT2D eigenvalue weighted by atomic mass is 10.1. The molecule has 0 fully saturated rings. The van der Waals surface area contributed by atoms with Crippen LogP contribution in [0.15, 0.2) is 42.5 Å². The van der Waals surface area contributed by atoms with Crippen LogP contribution >= 0.6 is 15.9 Å². The molecule has 106 valence electrons. The summed E-state index contributed by atoms with van der Waals surface area (Å²) in [6.07, 6.45) is 0. The zero-order valence-electron chi connectivity index (χ0n) is 11.0. The summed E-state index contributed by atoms with van der Waals surface area (Å²) in [6, 6.07) is 13.7. The maximum atomic E-state index is 11.0. The number of rotatable bonds is 5. The molecule has 0 heterocycles. The Hall–Kier alpha value is -2.39. The summed E-state index contributed by atoms with van der Waals surface area (Å²) in [5, 5.41) is 20.3. The molecule has 0 spiro atoms. The average molecular weight is 347 g/mol. The van der Waals surface area contributed by atoms with E-state index in [1.54, 1.807) is 36.4 Å². The first-order chi connectivity index (χ1) is 10.1. The van der Waals surface area contributed by atoms with E-state index in [0.717, 1.165) is 11.1 Å². The number of hydrogen-bond donors (Lipinski definition) is 0. The predicted octanol–water partition coefficient (Wildman–Crippen LogP) is 3.94. The van der Waals surface area contributed by atoms with Crippen LogP contribution in [0.1, 0.15) is 16.7 Å². The van der Waals surface area contributed by atoms with Crippen LogP contribution in [-0.2, 0) is 11.9 Å². The minimum atomic E-state index is -0.466. The molecule has 5 nitrogen and oxygen atoms in total. The van der Waals surface area contributed by atoms with Gasteiger partial charge in [-0.15, -0.1) is 0 Å². The standard InChI is InChI=1S/C15H11BrN2O3/c16-8-13-5-6-14(18(19)20)15(7-13)21-10-12-3-1-11(9-17)2-4-12/h1-7H,8,10H2. The molecular formula is C15H11BrN2O3. The summed E-state index contributed by atoms with van der Waals surface area (Å²) in [7, 11) is 0. The Morgan fingerprint density at radius 1 is 1.19 bits per heavy atom. The lowest BCUT2D eigenvalue weighted by Gasteiger charge is -2.08. The Morgan fingerprint density at radius 3 is 2.43 bits per heavy atom. The summed E-state index contributed by atoms with van der Waals surface area (Å²) >= 11 is 3.31. The normalized spacial score (nSPS) is 9.90. The Morgan fingerprint density at radius 2 is 1.86 bits per heavy atom. The second-order valence-corrected chi connectivity index (χ2v) is 4.85. The zero-order chi connectivity index (χ0) is 15.2. The lowest BCUT2D eigenvalue weighted by molar-refractivity contribution is -0.386. The molecule has 0 radical (unpaired) electrons. The van der Waals surface area contributed by atoms with Crippen LogP contribution < -0.4 is 4.74 Å². The zero-order valence-corrected chi connectivity index (χ0v) is 12.5. The Bertz CT molecular complexity index is 693. The van der Waals surface area contributed by atoms with Crippen LogP contribution in [0.4, 0.5) is 5.69 Å². The fraction of sp³-hybridized carbons (Fsp3) is 0.133. The maximum Gasteiger partial charge on any atom is 0.310 e. The molecule has 0 saturated heterocycles. The maximum absolute atomic E-state index is 11.0. The molecule has 0 saturated carbocycles. The first kappa shape index (κ1) is 15.0. The Labute approximate surface area is 130 Å². The van der Waals surface area contributed by atoms with E-state index in [2.05, 4.69) is 15.9 Å². The Kier molecular flexibility index (Phi) is 4.90. The van der Waals surface area contributed by atoms with Gasteiger partial charge in [0.15, 0.2) is 5.75 Å². The second-order valence-electron chi connectivity index (χ2n) is 4.29. The van der Waals surface area contributed by atoms with Gasteiger partial charge >= 0.3 is 5.69 Å². The van der Waals surface area contributed by atoms with Crippen molar-refractivity contribution in [3.8, 4) is 11.8 Å². The highest BCUT2D eigenvalue weighted by atomic mass is 79.9. The van der Waals surface area contributed by atoms with Crippen LogP contribution in [-0.4, -0.2) is 4.92 Å². The van der Waals surface area contributed by atoms with Crippen LogP contribution in [0.5, 0.6) is 5.75 Å². The molecule has 0 aromatic heterocycles. The van der Waals surface area contributed by atoms with E-state index in [1.807, 2.05) is 6.07 Å². The van der Waals surface area contributed by atoms with Gasteiger partial charge in [-0.05, 0) is 29.3 Å². The van der Waals surface area contributed by atoms with Gasteiger partial charge in [0.25, 0.3) is 0 Å². The van der Waals surface area contributed by atoms with Crippen molar-refractivity contribution in [2.45, 2.75) is 11.9 Å². The van der Waals surface area contributed by atoms with E-state index in [1.165, 1.54) is 6.07 Å². The van der Waals surface area contributed by atoms with Gasteiger partial charge in [0.2, 0.25) is 0 Å². The number of halogens is 1. The molecule has 2 rings (SSSR count). The summed E-state index contributed by atoms with van der Waals surface area (Å²) in [6.45, 7) is 0.207. The highest BCUT2D eigenvalue weighted by molar-refractivity contribution is 9.08. The van der Waals surface area contributed by atoms with Crippen molar-refractivity contribution in [2.75, 3.05) is 0 Å². The number of nitro benzene ring substituents is 1. The number of benzene rings is 2. The minimum absolute atomic E-state index is 0.0617. The van der Waals surface area contributed by atoms with E-state index in [0.29, 0.717) is 10.9 Å². The third kappa shape index (κ3) is 3.80. The second kappa shape index (κ2) is 6.86. The van der Waals surface area contributed by atoms with Gasteiger partial charge in [-0.1, -0.05) is 34.1 Å². The molecule has 2 aromatic rings. The predicted molar refractivity (Wildman–Crippen MR) is 81.2 cm³/mol. The van der Waals surface area contributed by atoms with E-state index in [-0.39, 0.29) is 18.0 Å². The first-order valence-corrected chi connectivity index (χ1v) is 7.21. The van der Waals surface area contributed by atoms with E-state index >= 15 is 0 Å². The quantitative estimate of drug-likeness (QED) is 0.466.